The van der Waals surface area contributed by atoms with Crippen LogP contribution in [-0.4, -0.2) is 17.3 Å². The van der Waals surface area contributed by atoms with Crippen molar-refractivity contribution >= 4 is 0 Å². The van der Waals surface area contributed by atoms with Crippen LogP contribution in [0.25, 0.3) is 0 Å². The molecule has 2 unspecified atom stereocenters. The summed E-state index contributed by atoms with van der Waals surface area (Å²) in [5.74, 6) is 2.08. The summed E-state index contributed by atoms with van der Waals surface area (Å²) in [5, 5.41) is 9.91. The fourth-order valence-corrected chi connectivity index (χ4v) is 4.62. The van der Waals surface area contributed by atoms with Gasteiger partial charge in [-0.1, -0.05) is 6.92 Å². The summed E-state index contributed by atoms with van der Waals surface area (Å²) >= 11 is 0. The fraction of sp³-hybridized carbons (Fsp3) is 1.00. The molecular formula is C12H21NO. The van der Waals surface area contributed by atoms with Gasteiger partial charge in [0.25, 0.3) is 0 Å². The van der Waals surface area contributed by atoms with Crippen molar-refractivity contribution in [3.05, 3.63) is 0 Å². The zero-order chi connectivity index (χ0) is 9.92. The first-order valence-electron chi connectivity index (χ1n) is 6.07. The van der Waals surface area contributed by atoms with Crippen molar-refractivity contribution in [3.63, 3.8) is 0 Å². The normalized spacial score (nSPS) is 61.5. The number of hydrogen-bond acceptors (Lipinski definition) is 2. The van der Waals surface area contributed by atoms with Crippen LogP contribution in [0.5, 0.6) is 0 Å². The van der Waals surface area contributed by atoms with E-state index in [-0.39, 0.29) is 6.10 Å². The quantitative estimate of drug-likeness (QED) is 0.615. The molecule has 3 aliphatic rings. The van der Waals surface area contributed by atoms with E-state index in [1.165, 1.54) is 25.7 Å². The number of aliphatic hydroxyl groups excluding tert-OH is 1. The second kappa shape index (κ2) is 2.73. The molecular weight excluding hydrogens is 174 g/mol. The molecule has 0 aromatic heterocycles. The SMILES string of the molecule is C[C@H]1CC2(C[C@@H]1O)C1CC[C@H](C1)[C@H]2N. The van der Waals surface area contributed by atoms with Crippen molar-refractivity contribution in [2.24, 2.45) is 28.9 Å². The topological polar surface area (TPSA) is 46.2 Å². The molecule has 3 aliphatic carbocycles. The largest absolute Gasteiger partial charge is 0.393 e. The minimum Gasteiger partial charge on any atom is -0.393 e. The van der Waals surface area contributed by atoms with Gasteiger partial charge in [-0.3, -0.25) is 0 Å². The molecule has 0 amide bonds. The monoisotopic (exact) mass is 195 g/mol. The van der Waals surface area contributed by atoms with E-state index in [1.807, 2.05) is 0 Å². The number of fused-ring (bicyclic) bond motifs is 3. The first-order chi connectivity index (χ1) is 6.63. The van der Waals surface area contributed by atoms with Crippen LogP contribution in [0.15, 0.2) is 0 Å². The van der Waals surface area contributed by atoms with E-state index in [0.29, 0.717) is 17.4 Å². The molecule has 0 aromatic carbocycles. The molecule has 3 saturated carbocycles. The first-order valence-corrected chi connectivity index (χ1v) is 6.07. The van der Waals surface area contributed by atoms with Crippen molar-refractivity contribution < 1.29 is 5.11 Å². The molecule has 3 rings (SSSR count). The zero-order valence-corrected chi connectivity index (χ0v) is 8.95. The van der Waals surface area contributed by atoms with E-state index in [0.717, 1.165) is 18.3 Å². The Morgan fingerprint density at radius 1 is 1.29 bits per heavy atom. The lowest BCUT2D eigenvalue weighted by Gasteiger charge is -2.39. The Morgan fingerprint density at radius 2 is 2.07 bits per heavy atom. The van der Waals surface area contributed by atoms with E-state index in [4.69, 9.17) is 5.73 Å². The van der Waals surface area contributed by atoms with Gasteiger partial charge in [0.1, 0.15) is 0 Å². The van der Waals surface area contributed by atoms with Crippen molar-refractivity contribution in [1.29, 1.82) is 0 Å². The van der Waals surface area contributed by atoms with Crippen molar-refractivity contribution in [3.8, 4) is 0 Å². The Morgan fingerprint density at radius 3 is 2.57 bits per heavy atom. The van der Waals surface area contributed by atoms with Crippen LogP contribution in [0.2, 0.25) is 0 Å². The highest BCUT2D eigenvalue weighted by molar-refractivity contribution is 5.12. The maximum Gasteiger partial charge on any atom is 0.0572 e. The minimum atomic E-state index is -0.0830. The van der Waals surface area contributed by atoms with Crippen LogP contribution in [-0.2, 0) is 0 Å². The maximum absolute atomic E-state index is 9.91. The Hall–Kier alpha value is -0.0800. The summed E-state index contributed by atoms with van der Waals surface area (Å²) in [6.07, 6.45) is 6.14. The summed E-state index contributed by atoms with van der Waals surface area (Å²) in [7, 11) is 0. The molecule has 6 atom stereocenters. The van der Waals surface area contributed by atoms with Crippen LogP contribution >= 0.6 is 0 Å². The summed E-state index contributed by atoms with van der Waals surface area (Å²) in [6, 6.07) is 0.390. The second-order valence-electron chi connectivity index (χ2n) is 5.98. The second-order valence-corrected chi connectivity index (χ2v) is 5.98. The molecule has 1 spiro atoms. The molecule has 0 heterocycles. The summed E-state index contributed by atoms with van der Waals surface area (Å²) in [6.45, 7) is 2.18. The average Bonchev–Trinajstić information content (AvgIpc) is 2.76. The van der Waals surface area contributed by atoms with E-state index < -0.39 is 0 Å². The van der Waals surface area contributed by atoms with Crippen LogP contribution in [0.3, 0.4) is 0 Å². The van der Waals surface area contributed by atoms with Gasteiger partial charge < -0.3 is 10.8 Å². The van der Waals surface area contributed by atoms with E-state index in [9.17, 15) is 5.11 Å². The van der Waals surface area contributed by atoms with Gasteiger partial charge in [0.2, 0.25) is 0 Å². The van der Waals surface area contributed by atoms with E-state index >= 15 is 0 Å². The highest BCUT2D eigenvalue weighted by Gasteiger charge is 2.60. The third-order valence-corrected chi connectivity index (χ3v) is 5.41. The van der Waals surface area contributed by atoms with Crippen LogP contribution in [0, 0.1) is 23.2 Å². The lowest BCUT2D eigenvalue weighted by molar-refractivity contribution is 0.0999. The van der Waals surface area contributed by atoms with Gasteiger partial charge in [0.05, 0.1) is 6.10 Å². The van der Waals surface area contributed by atoms with Crippen molar-refractivity contribution in [2.75, 3.05) is 0 Å². The third-order valence-electron chi connectivity index (χ3n) is 5.41. The minimum absolute atomic E-state index is 0.0830. The Kier molecular flexibility index (Phi) is 1.79. The van der Waals surface area contributed by atoms with Gasteiger partial charge in [0.15, 0.2) is 0 Å². The molecule has 3 N–H and O–H groups in total. The van der Waals surface area contributed by atoms with Crippen LogP contribution < -0.4 is 5.73 Å². The van der Waals surface area contributed by atoms with Gasteiger partial charge in [-0.2, -0.15) is 0 Å². The smallest absolute Gasteiger partial charge is 0.0572 e. The van der Waals surface area contributed by atoms with Gasteiger partial charge in [-0.25, -0.2) is 0 Å². The first kappa shape index (κ1) is 9.17. The fourth-order valence-electron chi connectivity index (χ4n) is 4.62. The Bertz CT molecular complexity index is 239. The molecule has 80 valence electrons. The van der Waals surface area contributed by atoms with Gasteiger partial charge >= 0.3 is 0 Å². The molecule has 14 heavy (non-hydrogen) atoms. The molecule has 0 radical (unpaired) electrons. The Labute approximate surface area is 85.9 Å². The predicted molar refractivity (Wildman–Crippen MR) is 55.6 cm³/mol. The van der Waals surface area contributed by atoms with Crippen LogP contribution in [0.4, 0.5) is 0 Å². The summed E-state index contributed by atoms with van der Waals surface area (Å²) in [4.78, 5) is 0. The molecule has 3 fully saturated rings. The third kappa shape index (κ3) is 0.938. The molecule has 0 aliphatic heterocycles. The maximum atomic E-state index is 9.91. The van der Waals surface area contributed by atoms with Crippen molar-refractivity contribution in [1.82, 2.24) is 0 Å². The van der Waals surface area contributed by atoms with E-state index in [1.54, 1.807) is 0 Å². The highest BCUT2D eigenvalue weighted by Crippen LogP contribution is 2.62. The average molecular weight is 195 g/mol. The Balaban J connectivity index is 1.91. The predicted octanol–water partition coefficient (Wildman–Crippen LogP) is 1.52. The zero-order valence-electron chi connectivity index (χ0n) is 8.95. The summed E-state index contributed by atoms with van der Waals surface area (Å²) in [5.41, 5.74) is 6.71. The van der Waals surface area contributed by atoms with E-state index in [2.05, 4.69) is 6.92 Å². The van der Waals surface area contributed by atoms with Crippen molar-refractivity contribution in [2.45, 2.75) is 51.2 Å². The van der Waals surface area contributed by atoms with Gasteiger partial charge in [-0.15, -0.1) is 0 Å². The number of nitrogens with two attached hydrogens (primary N) is 1. The molecule has 2 nitrogen and oxygen atoms in total. The highest BCUT2D eigenvalue weighted by atomic mass is 16.3. The number of aliphatic hydroxyl groups is 1. The number of rotatable bonds is 0. The lowest BCUT2D eigenvalue weighted by atomic mass is 9.68. The number of hydrogen-bond donors (Lipinski definition) is 2. The standard InChI is InChI=1S/C12H21NO/c1-7-5-12(6-10(7)14)9-3-2-8(4-9)11(12)13/h7-11,14H,2-6,13H2,1H3/t7-,8+,9?,10-,11+,12?/m0/s1. The van der Waals surface area contributed by atoms with Gasteiger partial charge in [-0.05, 0) is 55.3 Å². The molecule has 0 aromatic rings. The molecule has 2 heteroatoms. The van der Waals surface area contributed by atoms with Gasteiger partial charge in [0, 0.05) is 6.04 Å². The summed E-state index contributed by atoms with van der Waals surface area (Å²) < 4.78 is 0. The van der Waals surface area contributed by atoms with Crippen LogP contribution in [0.1, 0.15) is 39.0 Å². The molecule has 2 bridgehead atoms. The molecule has 0 saturated heterocycles. The lowest BCUT2D eigenvalue weighted by Crippen LogP contribution is -2.45.